The molecule has 1 unspecified atom stereocenters. The molecule has 2 N–H and O–H groups in total. The average Bonchev–Trinajstić information content (AvgIpc) is 2.74. The molecule has 0 radical (unpaired) electrons. The Bertz CT molecular complexity index is 560. The van der Waals surface area contributed by atoms with Gasteiger partial charge in [0, 0.05) is 41.4 Å². The van der Waals surface area contributed by atoms with Gasteiger partial charge in [0.25, 0.3) is 0 Å². The lowest BCUT2D eigenvalue weighted by Gasteiger charge is -2.14. The fraction of sp³-hybridized carbons (Fsp3) is 0.308. The second-order valence-corrected chi connectivity index (χ2v) is 5.14. The molecule has 2 rings (SSSR count). The Morgan fingerprint density at radius 1 is 1.37 bits per heavy atom. The molecule has 6 heteroatoms. The summed E-state index contributed by atoms with van der Waals surface area (Å²) in [4.78, 5) is 4.16. The van der Waals surface area contributed by atoms with Gasteiger partial charge >= 0.3 is 0 Å². The molecule has 1 aromatic heterocycles. The first kappa shape index (κ1) is 14.1. The topological polar surface area (TPSA) is 43.8 Å². The maximum absolute atomic E-state index is 13.8. The first-order chi connectivity index (χ1) is 9.02. The van der Waals surface area contributed by atoms with Gasteiger partial charge in [0.05, 0.1) is 0 Å². The van der Waals surface area contributed by atoms with Crippen LogP contribution in [0.5, 0.6) is 0 Å². The molecule has 102 valence electrons. The van der Waals surface area contributed by atoms with E-state index in [0.717, 1.165) is 12.4 Å². The van der Waals surface area contributed by atoms with Gasteiger partial charge in [-0.15, -0.1) is 0 Å². The molecule has 0 amide bonds. The van der Waals surface area contributed by atoms with Crippen LogP contribution in [0.4, 0.5) is 8.78 Å². The van der Waals surface area contributed by atoms with Crippen LogP contribution >= 0.6 is 15.9 Å². The number of hydrogen-bond acceptors (Lipinski definition) is 2. The van der Waals surface area contributed by atoms with Crippen molar-refractivity contribution in [2.75, 3.05) is 0 Å². The summed E-state index contributed by atoms with van der Waals surface area (Å²) in [6, 6.07) is 1.66. The molecule has 0 fully saturated rings. The molecule has 0 spiro atoms. The highest BCUT2D eigenvalue weighted by Gasteiger charge is 2.19. The van der Waals surface area contributed by atoms with Crippen LogP contribution in [-0.4, -0.2) is 9.55 Å². The Hall–Kier alpha value is -1.27. The zero-order chi connectivity index (χ0) is 14.0. The lowest BCUT2D eigenvalue weighted by atomic mass is 10.0. The Morgan fingerprint density at radius 3 is 2.58 bits per heavy atom. The van der Waals surface area contributed by atoms with E-state index in [0.29, 0.717) is 4.47 Å². The van der Waals surface area contributed by atoms with Crippen LogP contribution in [0.1, 0.15) is 24.4 Å². The van der Waals surface area contributed by atoms with Gasteiger partial charge in [0.15, 0.2) is 0 Å². The first-order valence-electron chi connectivity index (χ1n) is 5.93. The van der Waals surface area contributed by atoms with Crippen molar-refractivity contribution in [1.29, 1.82) is 0 Å². The fourth-order valence-electron chi connectivity index (χ4n) is 2.02. The summed E-state index contributed by atoms with van der Waals surface area (Å²) in [5.41, 5.74) is 5.81. The smallest absolute Gasteiger partial charge is 0.132 e. The number of benzene rings is 1. The number of halogens is 3. The zero-order valence-electron chi connectivity index (χ0n) is 10.4. The SMILES string of the molecule is CCn1ccnc1CC(N)c1c(F)cc(Br)cc1F. The van der Waals surface area contributed by atoms with E-state index in [4.69, 9.17) is 5.73 Å². The molecule has 19 heavy (non-hydrogen) atoms. The lowest BCUT2D eigenvalue weighted by Crippen LogP contribution is -2.19. The summed E-state index contributed by atoms with van der Waals surface area (Å²) in [7, 11) is 0. The number of nitrogens with zero attached hydrogens (tertiary/aromatic N) is 2. The monoisotopic (exact) mass is 329 g/mol. The molecule has 3 nitrogen and oxygen atoms in total. The number of nitrogens with two attached hydrogens (primary N) is 1. The van der Waals surface area contributed by atoms with Gasteiger partial charge in [0.2, 0.25) is 0 Å². The molecule has 2 aromatic rings. The highest BCUT2D eigenvalue weighted by molar-refractivity contribution is 9.10. The van der Waals surface area contributed by atoms with E-state index in [2.05, 4.69) is 20.9 Å². The maximum atomic E-state index is 13.8. The van der Waals surface area contributed by atoms with E-state index >= 15 is 0 Å². The standard InChI is InChI=1S/C13H14BrF2N3/c1-2-19-4-3-18-12(19)7-11(17)13-9(15)5-8(14)6-10(13)16/h3-6,11H,2,7,17H2,1H3. The van der Waals surface area contributed by atoms with Crippen LogP contribution in [0.3, 0.4) is 0 Å². The number of rotatable bonds is 4. The lowest BCUT2D eigenvalue weighted by molar-refractivity contribution is 0.514. The van der Waals surface area contributed by atoms with Crippen molar-refractivity contribution in [3.63, 3.8) is 0 Å². The molecule has 0 aliphatic carbocycles. The number of aryl methyl sites for hydroxylation is 1. The van der Waals surface area contributed by atoms with E-state index in [1.165, 1.54) is 12.1 Å². The van der Waals surface area contributed by atoms with Crippen LogP contribution in [0.2, 0.25) is 0 Å². The molecular formula is C13H14BrF2N3. The second kappa shape index (κ2) is 5.79. The highest BCUT2D eigenvalue weighted by atomic mass is 79.9. The molecule has 0 bridgehead atoms. The van der Waals surface area contributed by atoms with Crippen molar-refractivity contribution in [2.24, 2.45) is 5.73 Å². The Labute approximate surface area is 118 Å². The van der Waals surface area contributed by atoms with Gasteiger partial charge in [-0.3, -0.25) is 0 Å². The highest BCUT2D eigenvalue weighted by Crippen LogP contribution is 2.25. The van der Waals surface area contributed by atoms with Gasteiger partial charge < -0.3 is 10.3 Å². The van der Waals surface area contributed by atoms with Crippen LogP contribution < -0.4 is 5.73 Å². The summed E-state index contributed by atoms with van der Waals surface area (Å²) < 4.78 is 29.8. The predicted octanol–water partition coefficient (Wildman–Crippen LogP) is 3.19. The van der Waals surface area contributed by atoms with Gasteiger partial charge in [0.1, 0.15) is 17.5 Å². The van der Waals surface area contributed by atoms with E-state index < -0.39 is 17.7 Å². The quantitative estimate of drug-likeness (QED) is 0.936. The van der Waals surface area contributed by atoms with E-state index in [1.54, 1.807) is 6.20 Å². The first-order valence-corrected chi connectivity index (χ1v) is 6.72. The number of imidazole rings is 1. The minimum Gasteiger partial charge on any atom is -0.335 e. The van der Waals surface area contributed by atoms with Gasteiger partial charge in [-0.25, -0.2) is 13.8 Å². The van der Waals surface area contributed by atoms with Crippen molar-refractivity contribution >= 4 is 15.9 Å². The fourth-order valence-corrected chi connectivity index (χ4v) is 2.43. The van der Waals surface area contributed by atoms with Gasteiger partial charge in [-0.2, -0.15) is 0 Å². The Kier molecular flexibility index (Phi) is 4.31. The summed E-state index contributed by atoms with van der Waals surface area (Å²) in [6.07, 6.45) is 3.76. The van der Waals surface area contributed by atoms with Crippen molar-refractivity contribution in [1.82, 2.24) is 9.55 Å². The molecule has 0 saturated carbocycles. The minimum absolute atomic E-state index is 0.103. The Balaban J connectivity index is 2.28. The molecule has 0 aliphatic heterocycles. The van der Waals surface area contributed by atoms with Crippen LogP contribution in [-0.2, 0) is 13.0 Å². The third kappa shape index (κ3) is 3.01. The van der Waals surface area contributed by atoms with E-state index in [1.807, 2.05) is 17.7 Å². The van der Waals surface area contributed by atoms with Gasteiger partial charge in [-0.1, -0.05) is 15.9 Å². The van der Waals surface area contributed by atoms with E-state index in [-0.39, 0.29) is 12.0 Å². The van der Waals surface area contributed by atoms with Gasteiger partial charge in [-0.05, 0) is 19.1 Å². The molecule has 1 atom stereocenters. The van der Waals surface area contributed by atoms with Crippen molar-refractivity contribution in [2.45, 2.75) is 25.9 Å². The summed E-state index contributed by atoms with van der Waals surface area (Å²) in [6.45, 7) is 2.71. The second-order valence-electron chi connectivity index (χ2n) is 4.22. The predicted molar refractivity (Wildman–Crippen MR) is 72.6 cm³/mol. The van der Waals surface area contributed by atoms with Crippen molar-refractivity contribution in [3.8, 4) is 0 Å². The molecule has 1 aromatic carbocycles. The largest absolute Gasteiger partial charge is 0.335 e. The third-order valence-corrected chi connectivity index (χ3v) is 3.42. The average molecular weight is 330 g/mol. The van der Waals surface area contributed by atoms with Crippen LogP contribution in [0, 0.1) is 11.6 Å². The van der Waals surface area contributed by atoms with Crippen molar-refractivity contribution < 1.29 is 8.78 Å². The van der Waals surface area contributed by atoms with Crippen LogP contribution in [0.25, 0.3) is 0 Å². The molecule has 0 aliphatic rings. The number of hydrogen-bond donors (Lipinski definition) is 1. The maximum Gasteiger partial charge on any atom is 0.132 e. The minimum atomic E-state index is -0.763. The van der Waals surface area contributed by atoms with Crippen LogP contribution in [0.15, 0.2) is 29.0 Å². The molecule has 1 heterocycles. The summed E-state index contributed by atoms with van der Waals surface area (Å²) in [5, 5.41) is 0. The Morgan fingerprint density at radius 2 is 2.00 bits per heavy atom. The van der Waals surface area contributed by atoms with E-state index in [9.17, 15) is 8.78 Å². The third-order valence-electron chi connectivity index (χ3n) is 2.96. The normalized spacial score (nSPS) is 12.7. The van der Waals surface area contributed by atoms with Crippen molar-refractivity contribution in [3.05, 3.63) is 52.0 Å². The summed E-state index contributed by atoms with van der Waals surface area (Å²) in [5.74, 6) is -0.570. The molecular weight excluding hydrogens is 316 g/mol. The number of aromatic nitrogens is 2. The zero-order valence-corrected chi connectivity index (χ0v) is 12.0. The molecule has 0 saturated heterocycles. The summed E-state index contributed by atoms with van der Waals surface area (Å²) >= 11 is 3.04.